The topological polar surface area (TPSA) is 62.8 Å². The Bertz CT molecular complexity index is 1050. The van der Waals surface area contributed by atoms with Gasteiger partial charge < -0.3 is 9.88 Å². The van der Waals surface area contributed by atoms with Gasteiger partial charge in [0.25, 0.3) is 5.91 Å². The maximum absolute atomic E-state index is 12.4. The van der Waals surface area contributed by atoms with Crippen LogP contribution < -0.4 is 5.06 Å². The van der Waals surface area contributed by atoms with Gasteiger partial charge in [-0.2, -0.15) is 5.06 Å². The highest BCUT2D eigenvalue weighted by Crippen LogP contribution is 2.26. The number of carbonyl (C=O) groups excluding carboxylic acids is 1. The molecular weight excluding hydrogens is 424 g/mol. The number of piperazine rings is 1. The summed E-state index contributed by atoms with van der Waals surface area (Å²) in [6.45, 7) is 10.3. The Morgan fingerprint density at radius 2 is 1.65 bits per heavy atom. The van der Waals surface area contributed by atoms with E-state index in [1.807, 2.05) is 24.4 Å². The van der Waals surface area contributed by atoms with Crippen LogP contribution in [0, 0.1) is 0 Å². The van der Waals surface area contributed by atoms with Crippen LogP contribution in [-0.2, 0) is 4.79 Å². The number of nitrogens with zero attached hydrogens (tertiary/aromatic N) is 3. The van der Waals surface area contributed by atoms with Crippen LogP contribution in [0.4, 0.5) is 5.69 Å². The van der Waals surface area contributed by atoms with Crippen LogP contribution in [0.15, 0.2) is 54.7 Å². The van der Waals surface area contributed by atoms with Crippen LogP contribution in [0.2, 0.25) is 0 Å². The van der Waals surface area contributed by atoms with Crippen LogP contribution in [0.1, 0.15) is 46.0 Å². The number of amides is 1. The summed E-state index contributed by atoms with van der Waals surface area (Å²) < 4.78 is 0. The molecule has 0 saturated carbocycles. The lowest BCUT2D eigenvalue weighted by Crippen LogP contribution is -2.48. The fraction of sp³-hybridized carbons (Fsp3) is 0.464. The number of hydrogen-bond donors (Lipinski definition) is 2. The van der Waals surface area contributed by atoms with Gasteiger partial charge in [0.05, 0.1) is 5.69 Å². The van der Waals surface area contributed by atoms with Crippen molar-refractivity contribution < 1.29 is 10.0 Å². The third-order valence-electron chi connectivity index (χ3n) is 6.99. The van der Waals surface area contributed by atoms with Crippen LogP contribution in [0.3, 0.4) is 0 Å². The van der Waals surface area contributed by atoms with Crippen LogP contribution in [-0.4, -0.2) is 64.7 Å². The molecule has 4 rings (SSSR count). The van der Waals surface area contributed by atoms with Crippen molar-refractivity contribution in [2.45, 2.75) is 52.0 Å². The summed E-state index contributed by atoms with van der Waals surface area (Å²) in [7, 11) is 0. The summed E-state index contributed by atoms with van der Waals surface area (Å²) in [4.78, 5) is 20.8. The number of unbranched alkanes of at least 4 members (excludes halogenated alkanes) is 3. The predicted octanol–water partition coefficient (Wildman–Crippen LogP) is 5.53. The first-order valence-electron chi connectivity index (χ1n) is 12.7. The molecule has 34 heavy (non-hydrogen) atoms. The van der Waals surface area contributed by atoms with E-state index in [0.717, 1.165) is 60.6 Å². The molecule has 2 aromatic carbocycles. The van der Waals surface area contributed by atoms with Gasteiger partial charge in [-0.3, -0.25) is 14.9 Å². The Balaban J connectivity index is 1.15. The number of aromatic amines is 1. The van der Waals surface area contributed by atoms with Crippen molar-refractivity contribution in [1.82, 2.24) is 14.8 Å². The lowest BCUT2D eigenvalue weighted by molar-refractivity contribution is -0.123. The van der Waals surface area contributed by atoms with Crippen molar-refractivity contribution in [2.75, 3.05) is 37.8 Å². The number of fused-ring (bicyclic) bond motifs is 1. The Morgan fingerprint density at radius 3 is 2.38 bits per heavy atom. The van der Waals surface area contributed by atoms with E-state index in [-0.39, 0.29) is 5.91 Å². The summed E-state index contributed by atoms with van der Waals surface area (Å²) in [5.41, 5.74) is 3.75. The van der Waals surface area contributed by atoms with E-state index in [9.17, 15) is 10.0 Å². The zero-order valence-corrected chi connectivity index (χ0v) is 20.5. The molecular formula is C28H38N4O2. The molecule has 1 fully saturated rings. The quantitative estimate of drug-likeness (QED) is 0.236. The minimum absolute atomic E-state index is 0.245. The number of H-pyrrole nitrogens is 1. The summed E-state index contributed by atoms with van der Waals surface area (Å²) in [5, 5.41) is 12.3. The van der Waals surface area contributed by atoms with Gasteiger partial charge in [0, 0.05) is 50.4 Å². The smallest absolute Gasteiger partial charge is 0.250 e. The van der Waals surface area contributed by atoms with Crippen LogP contribution >= 0.6 is 0 Å². The van der Waals surface area contributed by atoms with E-state index in [4.69, 9.17) is 0 Å². The molecule has 3 aromatic rings. The molecule has 2 heterocycles. The summed E-state index contributed by atoms with van der Waals surface area (Å²) in [6, 6.07) is 16.4. The normalized spacial score (nSPS) is 15.3. The van der Waals surface area contributed by atoms with Crippen LogP contribution in [0.5, 0.6) is 0 Å². The van der Waals surface area contributed by atoms with Crippen molar-refractivity contribution in [3.63, 3.8) is 0 Å². The van der Waals surface area contributed by atoms with Gasteiger partial charge in [0.1, 0.15) is 0 Å². The van der Waals surface area contributed by atoms with Crippen LogP contribution in [0.25, 0.3) is 22.0 Å². The lowest BCUT2D eigenvalue weighted by atomic mass is 10.0. The number of hydroxylamine groups is 1. The monoisotopic (exact) mass is 462 g/mol. The van der Waals surface area contributed by atoms with Crippen molar-refractivity contribution in [3.05, 3.63) is 54.7 Å². The Morgan fingerprint density at radius 1 is 0.941 bits per heavy atom. The molecule has 0 unspecified atom stereocenters. The minimum Gasteiger partial charge on any atom is -0.361 e. The fourth-order valence-electron chi connectivity index (χ4n) is 4.74. The zero-order chi connectivity index (χ0) is 23.9. The number of anilines is 1. The van der Waals surface area contributed by atoms with E-state index in [1.165, 1.54) is 24.9 Å². The second kappa shape index (κ2) is 11.6. The Kier molecular flexibility index (Phi) is 8.38. The second-order valence-electron chi connectivity index (χ2n) is 9.67. The summed E-state index contributed by atoms with van der Waals surface area (Å²) in [6.07, 6.45) is 6.44. The molecule has 1 amide bonds. The molecule has 182 valence electrons. The first-order valence-corrected chi connectivity index (χ1v) is 12.7. The average Bonchev–Trinajstić information content (AvgIpc) is 3.34. The zero-order valence-electron chi connectivity index (χ0n) is 20.5. The molecule has 0 atom stereocenters. The van der Waals surface area contributed by atoms with Gasteiger partial charge in [0.2, 0.25) is 0 Å². The van der Waals surface area contributed by atoms with Gasteiger partial charge in [-0.1, -0.05) is 37.1 Å². The third-order valence-corrected chi connectivity index (χ3v) is 6.99. The van der Waals surface area contributed by atoms with E-state index in [0.29, 0.717) is 18.2 Å². The van der Waals surface area contributed by atoms with E-state index < -0.39 is 0 Å². The van der Waals surface area contributed by atoms with Crippen molar-refractivity contribution >= 4 is 22.5 Å². The molecule has 0 aliphatic carbocycles. The number of hydrogen-bond acceptors (Lipinski definition) is 4. The highest BCUT2D eigenvalue weighted by molar-refractivity contribution is 5.91. The highest BCUT2D eigenvalue weighted by Gasteiger charge is 2.18. The standard InChI is InChI=1S/C28H38N4O2/c1-22(2)31-19-17-30(18-20-31)16-6-4-3-5-7-28(33)32(34)26-12-10-23(11-13-26)25-9-8-24-14-15-29-27(24)21-25/h8-15,21-22,29,34H,3-7,16-20H2,1-2H3. The Hall–Kier alpha value is -2.67. The molecule has 0 radical (unpaired) electrons. The maximum Gasteiger partial charge on any atom is 0.250 e. The number of aromatic nitrogens is 1. The van der Waals surface area contributed by atoms with E-state index in [1.54, 1.807) is 12.1 Å². The minimum atomic E-state index is -0.245. The SMILES string of the molecule is CC(C)N1CCN(CCCCCCC(=O)N(O)c2ccc(-c3ccc4cc[nH]c4c3)cc2)CC1. The maximum atomic E-state index is 12.4. The Labute approximate surface area is 203 Å². The number of benzene rings is 2. The van der Waals surface area contributed by atoms with Crippen molar-refractivity contribution in [1.29, 1.82) is 0 Å². The molecule has 1 saturated heterocycles. The number of nitrogens with one attached hydrogen (secondary N) is 1. The lowest BCUT2D eigenvalue weighted by Gasteiger charge is -2.36. The molecule has 0 spiro atoms. The number of rotatable bonds is 10. The molecule has 6 nitrogen and oxygen atoms in total. The molecule has 1 aromatic heterocycles. The van der Waals surface area contributed by atoms with E-state index in [2.05, 4.69) is 46.8 Å². The van der Waals surface area contributed by atoms with Gasteiger partial charge in [-0.15, -0.1) is 0 Å². The van der Waals surface area contributed by atoms with Crippen molar-refractivity contribution in [3.8, 4) is 11.1 Å². The number of carbonyl (C=O) groups is 1. The van der Waals surface area contributed by atoms with Gasteiger partial charge in [-0.05, 0) is 74.0 Å². The summed E-state index contributed by atoms with van der Waals surface area (Å²) in [5.74, 6) is -0.245. The van der Waals surface area contributed by atoms with E-state index >= 15 is 0 Å². The first-order chi connectivity index (χ1) is 16.5. The summed E-state index contributed by atoms with van der Waals surface area (Å²) >= 11 is 0. The molecule has 1 aliphatic rings. The molecule has 2 N–H and O–H groups in total. The first kappa shape index (κ1) is 24.5. The molecule has 1 aliphatic heterocycles. The van der Waals surface area contributed by atoms with Gasteiger partial charge >= 0.3 is 0 Å². The second-order valence-corrected chi connectivity index (χ2v) is 9.67. The highest BCUT2D eigenvalue weighted by atomic mass is 16.5. The predicted molar refractivity (Wildman–Crippen MR) is 139 cm³/mol. The van der Waals surface area contributed by atoms with Crippen molar-refractivity contribution in [2.24, 2.45) is 0 Å². The fourth-order valence-corrected chi connectivity index (χ4v) is 4.74. The third kappa shape index (κ3) is 6.26. The molecule has 0 bridgehead atoms. The van der Waals surface area contributed by atoms with Gasteiger partial charge in [-0.25, -0.2) is 0 Å². The average molecular weight is 463 g/mol. The molecule has 6 heteroatoms. The van der Waals surface area contributed by atoms with Gasteiger partial charge in [0.15, 0.2) is 0 Å². The largest absolute Gasteiger partial charge is 0.361 e.